The second kappa shape index (κ2) is 6.24. The summed E-state index contributed by atoms with van der Waals surface area (Å²) in [5.74, 6) is 0.523. The van der Waals surface area contributed by atoms with Crippen molar-refractivity contribution in [3.63, 3.8) is 0 Å². The van der Waals surface area contributed by atoms with Crippen LogP contribution in [0.1, 0.15) is 26.2 Å². The Labute approximate surface area is 126 Å². The monoisotopic (exact) mass is 343 g/mol. The first-order valence-corrected chi connectivity index (χ1v) is 8.10. The largest absolute Gasteiger partial charge is 0.368 e. The molecule has 0 radical (unpaired) electrons. The van der Waals surface area contributed by atoms with Crippen LogP contribution in [0, 0.1) is 0 Å². The predicted molar refractivity (Wildman–Crippen MR) is 81.0 cm³/mol. The van der Waals surface area contributed by atoms with E-state index in [0.29, 0.717) is 12.5 Å². The van der Waals surface area contributed by atoms with Gasteiger partial charge in [-0.3, -0.25) is 4.79 Å². The minimum absolute atomic E-state index is 0.278. The molecular formula is C13H18BrN3OS. The lowest BCUT2D eigenvalue weighted by Gasteiger charge is -2.27. The van der Waals surface area contributed by atoms with E-state index in [0.717, 1.165) is 28.1 Å². The van der Waals surface area contributed by atoms with Crippen LogP contribution in [0.3, 0.4) is 0 Å². The molecule has 3 N–H and O–H groups in total. The van der Waals surface area contributed by atoms with Gasteiger partial charge < -0.3 is 11.1 Å². The van der Waals surface area contributed by atoms with Crippen LogP contribution in [-0.4, -0.2) is 28.2 Å². The van der Waals surface area contributed by atoms with E-state index in [-0.39, 0.29) is 5.91 Å². The van der Waals surface area contributed by atoms with E-state index >= 15 is 0 Å². The van der Waals surface area contributed by atoms with Gasteiger partial charge in [0.25, 0.3) is 0 Å². The van der Waals surface area contributed by atoms with Crippen molar-refractivity contribution in [1.29, 1.82) is 0 Å². The maximum atomic E-state index is 11.6. The topological polar surface area (TPSA) is 68.0 Å². The first kappa shape index (κ1) is 14.8. The van der Waals surface area contributed by atoms with Gasteiger partial charge in [-0.1, -0.05) is 0 Å². The number of nitrogens with two attached hydrogens (primary N) is 1. The van der Waals surface area contributed by atoms with E-state index in [9.17, 15) is 4.79 Å². The number of aromatic nitrogens is 1. The number of rotatable bonds is 7. The van der Waals surface area contributed by atoms with Gasteiger partial charge in [0.1, 0.15) is 5.03 Å². The van der Waals surface area contributed by atoms with Crippen LogP contribution in [0.2, 0.25) is 0 Å². The molecule has 0 bridgehead atoms. The number of amides is 1. The molecule has 6 heteroatoms. The van der Waals surface area contributed by atoms with E-state index in [1.165, 1.54) is 0 Å². The number of pyridine rings is 1. The number of nitrogens with zero attached hydrogens (tertiary/aromatic N) is 1. The Morgan fingerprint density at radius 3 is 3.00 bits per heavy atom. The maximum absolute atomic E-state index is 11.6. The van der Waals surface area contributed by atoms with Crippen LogP contribution in [0.15, 0.2) is 27.8 Å². The molecule has 1 aliphatic rings. The summed E-state index contributed by atoms with van der Waals surface area (Å²) < 4.78 is 0.982. The first-order valence-electron chi connectivity index (χ1n) is 6.32. The van der Waals surface area contributed by atoms with Gasteiger partial charge in [-0.05, 0) is 54.2 Å². The summed E-state index contributed by atoms with van der Waals surface area (Å²) in [4.78, 5) is 15.9. The van der Waals surface area contributed by atoms with Crippen molar-refractivity contribution in [2.45, 2.75) is 42.8 Å². The zero-order valence-electron chi connectivity index (χ0n) is 10.9. The number of primary amides is 1. The highest BCUT2D eigenvalue weighted by molar-refractivity contribution is 9.10. The number of thioether (sulfide) groups is 1. The van der Waals surface area contributed by atoms with Gasteiger partial charge in [-0.25, -0.2) is 4.98 Å². The van der Waals surface area contributed by atoms with Crippen molar-refractivity contribution in [1.82, 2.24) is 10.3 Å². The van der Waals surface area contributed by atoms with Gasteiger partial charge in [-0.2, -0.15) is 0 Å². The van der Waals surface area contributed by atoms with Crippen molar-refractivity contribution < 1.29 is 4.79 Å². The molecule has 1 aromatic heterocycles. The fraction of sp³-hybridized carbons (Fsp3) is 0.538. The molecule has 0 spiro atoms. The molecular weight excluding hydrogens is 326 g/mol. The van der Waals surface area contributed by atoms with Crippen molar-refractivity contribution >= 4 is 33.6 Å². The lowest BCUT2D eigenvalue weighted by molar-refractivity contribution is -0.124. The third kappa shape index (κ3) is 4.19. The Hall–Kier alpha value is -0.590. The van der Waals surface area contributed by atoms with Gasteiger partial charge in [0, 0.05) is 22.5 Å². The Balaban J connectivity index is 1.88. The van der Waals surface area contributed by atoms with E-state index in [4.69, 9.17) is 5.73 Å². The Morgan fingerprint density at radius 2 is 2.42 bits per heavy atom. The van der Waals surface area contributed by atoms with Gasteiger partial charge in [0.05, 0.1) is 5.54 Å². The standard InChI is InChI=1S/C13H18BrN3OS/c1-13(12(15)18,17-9-4-5-9)6-8-19-11-10(14)3-2-7-16-11/h2-3,7,9,17H,4-6,8H2,1H3,(H2,15,18). The molecule has 1 saturated carbocycles. The highest BCUT2D eigenvalue weighted by Gasteiger charge is 2.36. The number of carbonyl (C=O) groups excluding carboxylic acids is 1. The molecule has 104 valence electrons. The molecule has 0 aromatic carbocycles. The van der Waals surface area contributed by atoms with Crippen LogP contribution < -0.4 is 11.1 Å². The molecule has 1 fully saturated rings. The Morgan fingerprint density at radius 1 is 1.68 bits per heavy atom. The van der Waals surface area contributed by atoms with Crippen LogP contribution >= 0.6 is 27.7 Å². The normalized spacial score (nSPS) is 18.0. The molecule has 0 saturated heterocycles. The summed E-state index contributed by atoms with van der Waals surface area (Å²) in [6.45, 7) is 1.89. The maximum Gasteiger partial charge on any atom is 0.237 e. The van der Waals surface area contributed by atoms with Gasteiger partial charge in [-0.15, -0.1) is 11.8 Å². The zero-order chi connectivity index (χ0) is 13.9. The van der Waals surface area contributed by atoms with Gasteiger partial charge in [0.15, 0.2) is 0 Å². The summed E-state index contributed by atoms with van der Waals surface area (Å²) in [6.07, 6.45) is 4.75. The molecule has 2 rings (SSSR count). The molecule has 1 aliphatic carbocycles. The molecule has 0 aliphatic heterocycles. The summed E-state index contributed by atoms with van der Waals surface area (Å²) in [5, 5.41) is 4.29. The number of halogens is 1. The third-order valence-electron chi connectivity index (χ3n) is 3.21. The SMILES string of the molecule is CC(CCSc1ncccc1Br)(NC1CC1)C(N)=O. The average molecular weight is 344 g/mol. The van der Waals surface area contributed by atoms with E-state index in [1.54, 1.807) is 18.0 Å². The predicted octanol–water partition coefficient (Wildman–Crippen LogP) is 2.32. The summed E-state index contributed by atoms with van der Waals surface area (Å²) in [5.41, 5.74) is 4.91. The Bertz CT molecular complexity index is 467. The van der Waals surface area contributed by atoms with Crippen LogP contribution in [0.4, 0.5) is 0 Å². The highest BCUT2D eigenvalue weighted by atomic mass is 79.9. The molecule has 1 unspecified atom stereocenters. The summed E-state index contributed by atoms with van der Waals surface area (Å²) >= 11 is 5.10. The molecule has 1 amide bonds. The van der Waals surface area contributed by atoms with E-state index in [1.807, 2.05) is 19.1 Å². The fourth-order valence-corrected chi connectivity index (χ4v) is 3.42. The van der Waals surface area contributed by atoms with E-state index < -0.39 is 5.54 Å². The number of carbonyl (C=O) groups is 1. The second-order valence-electron chi connectivity index (χ2n) is 5.00. The smallest absolute Gasteiger partial charge is 0.237 e. The third-order valence-corrected chi connectivity index (χ3v) is 5.12. The van der Waals surface area contributed by atoms with E-state index in [2.05, 4.69) is 26.2 Å². The fourth-order valence-electron chi connectivity index (χ4n) is 1.77. The molecule has 1 aromatic rings. The number of nitrogens with one attached hydrogen (secondary N) is 1. The van der Waals surface area contributed by atoms with Crippen LogP contribution in [0.5, 0.6) is 0 Å². The molecule has 1 atom stereocenters. The molecule has 1 heterocycles. The zero-order valence-corrected chi connectivity index (χ0v) is 13.3. The number of hydrogen-bond acceptors (Lipinski definition) is 4. The molecule has 19 heavy (non-hydrogen) atoms. The second-order valence-corrected chi connectivity index (χ2v) is 6.94. The number of hydrogen-bond donors (Lipinski definition) is 2. The van der Waals surface area contributed by atoms with Crippen molar-refractivity contribution in [2.75, 3.05) is 5.75 Å². The van der Waals surface area contributed by atoms with Gasteiger partial charge >= 0.3 is 0 Å². The lowest BCUT2D eigenvalue weighted by atomic mass is 9.98. The lowest BCUT2D eigenvalue weighted by Crippen LogP contribution is -2.54. The first-order chi connectivity index (χ1) is 9.01. The average Bonchev–Trinajstić information content (AvgIpc) is 3.15. The highest BCUT2D eigenvalue weighted by Crippen LogP contribution is 2.28. The van der Waals surface area contributed by atoms with Gasteiger partial charge in [0.2, 0.25) is 5.91 Å². The minimum Gasteiger partial charge on any atom is -0.368 e. The minimum atomic E-state index is -0.616. The molecule has 4 nitrogen and oxygen atoms in total. The van der Waals surface area contributed by atoms with Crippen LogP contribution in [0.25, 0.3) is 0 Å². The summed E-state index contributed by atoms with van der Waals surface area (Å²) in [7, 11) is 0. The van der Waals surface area contributed by atoms with Crippen molar-refractivity contribution in [3.05, 3.63) is 22.8 Å². The van der Waals surface area contributed by atoms with Crippen molar-refractivity contribution in [3.8, 4) is 0 Å². The van der Waals surface area contributed by atoms with Crippen LogP contribution in [-0.2, 0) is 4.79 Å². The summed E-state index contributed by atoms with van der Waals surface area (Å²) in [6, 6.07) is 4.31. The Kier molecular flexibility index (Phi) is 4.86. The quantitative estimate of drug-likeness (QED) is 0.745. The van der Waals surface area contributed by atoms with Crippen molar-refractivity contribution in [2.24, 2.45) is 5.73 Å².